The second-order valence-corrected chi connectivity index (χ2v) is 11.9. The van der Waals surface area contributed by atoms with Gasteiger partial charge in [-0.25, -0.2) is 16.8 Å². The summed E-state index contributed by atoms with van der Waals surface area (Å²) in [6.07, 6.45) is 0. The molecule has 0 atom stereocenters. The average molecular weight is 515 g/mol. The molecule has 0 saturated carbocycles. The zero-order chi connectivity index (χ0) is 25.1. The van der Waals surface area contributed by atoms with Crippen molar-refractivity contribution >= 4 is 37.1 Å². The predicted molar refractivity (Wildman–Crippen MR) is 140 cm³/mol. The van der Waals surface area contributed by atoms with Crippen LogP contribution in [0.2, 0.25) is 0 Å². The van der Waals surface area contributed by atoms with Crippen LogP contribution < -0.4 is 13.9 Å². The highest BCUT2D eigenvalue weighted by Crippen LogP contribution is 2.36. The minimum atomic E-state index is -3.93. The van der Waals surface area contributed by atoms with Crippen LogP contribution in [0.3, 0.4) is 0 Å². The van der Waals surface area contributed by atoms with E-state index < -0.39 is 20.0 Å². The summed E-state index contributed by atoms with van der Waals surface area (Å²) in [4.78, 5) is 4.66. The molecule has 1 saturated heterocycles. The molecule has 0 amide bonds. The summed E-state index contributed by atoms with van der Waals surface area (Å²) in [6, 6.07) is 21.4. The number of piperazine rings is 1. The van der Waals surface area contributed by atoms with Gasteiger partial charge in [0.1, 0.15) is 0 Å². The lowest BCUT2D eigenvalue weighted by atomic mass is 10.2. The van der Waals surface area contributed by atoms with E-state index in [9.17, 15) is 16.8 Å². The highest BCUT2D eigenvalue weighted by molar-refractivity contribution is 7.93. The van der Waals surface area contributed by atoms with Gasteiger partial charge in [-0.3, -0.25) is 9.03 Å². The predicted octanol–water partition coefficient (Wildman–Crippen LogP) is 3.45. The van der Waals surface area contributed by atoms with Crippen LogP contribution in [0.5, 0.6) is 0 Å². The SMILES string of the molecule is CCN(c1cc(N2CCN(C)CC2)ccc1NS(=O)(=O)c1ccccc1)S(=O)(=O)c1ccccc1. The van der Waals surface area contributed by atoms with E-state index >= 15 is 0 Å². The van der Waals surface area contributed by atoms with Gasteiger partial charge >= 0.3 is 0 Å². The lowest BCUT2D eigenvalue weighted by Gasteiger charge is -2.35. The standard InChI is InChI=1S/C25H30N4O4S2/c1-3-29(35(32,33)23-12-8-5-9-13-23)25-20-21(28-18-16-27(2)17-19-28)14-15-24(25)26-34(30,31)22-10-6-4-7-11-22/h4-15,20,26H,3,16-19H2,1-2H3. The fourth-order valence-electron chi connectivity index (χ4n) is 4.07. The molecule has 0 radical (unpaired) electrons. The van der Waals surface area contributed by atoms with Gasteiger partial charge in [0.2, 0.25) is 0 Å². The Kier molecular flexibility index (Phi) is 7.34. The Balaban J connectivity index is 1.80. The number of nitrogens with one attached hydrogen (secondary N) is 1. The Morgan fingerprint density at radius 1 is 0.800 bits per heavy atom. The van der Waals surface area contributed by atoms with Gasteiger partial charge in [0.25, 0.3) is 20.0 Å². The van der Waals surface area contributed by atoms with Gasteiger partial charge in [-0.1, -0.05) is 36.4 Å². The molecule has 35 heavy (non-hydrogen) atoms. The summed E-state index contributed by atoms with van der Waals surface area (Å²) in [5.41, 5.74) is 1.33. The van der Waals surface area contributed by atoms with Gasteiger partial charge in [-0.2, -0.15) is 0 Å². The van der Waals surface area contributed by atoms with Gasteiger partial charge in [-0.15, -0.1) is 0 Å². The molecule has 0 aromatic heterocycles. The molecule has 3 aromatic rings. The van der Waals surface area contributed by atoms with Crippen molar-refractivity contribution in [1.82, 2.24) is 4.90 Å². The van der Waals surface area contributed by atoms with Crippen LogP contribution in [0.25, 0.3) is 0 Å². The second-order valence-electron chi connectivity index (χ2n) is 8.39. The topological polar surface area (TPSA) is 90.0 Å². The first kappa shape index (κ1) is 25.0. The van der Waals surface area contributed by atoms with Crippen molar-refractivity contribution in [2.75, 3.05) is 53.7 Å². The molecule has 4 rings (SSSR count). The maximum Gasteiger partial charge on any atom is 0.264 e. The first-order valence-electron chi connectivity index (χ1n) is 11.5. The molecule has 1 heterocycles. The maximum absolute atomic E-state index is 13.6. The molecule has 1 aliphatic heterocycles. The highest BCUT2D eigenvalue weighted by Gasteiger charge is 2.28. The first-order chi connectivity index (χ1) is 16.7. The molecule has 1 fully saturated rings. The van der Waals surface area contributed by atoms with Gasteiger partial charge in [-0.05, 0) is 56.4 Å². The Morgan fingerprint density at radius 3 is 1.94 bits per heavy atom. The zero-order valence-corrected chi connectivity index (χ0v) is 21.5. The van der Waals surface area contributed by atoms with Crippen molar-refractivity contribution in [3.63, 3.8) is 0 Å². The van der Waals surface area contributed by atoms with Crippen molar-refractivity contribution in [3.05, 3.63) is 78.9 Å². The average Bonchev–Trinajstić information content (AvgIpc) is 2.87. The third kappa shape index (κ3) is 5.44. The highest BCUT2D eigenvalue weighted by atomic mass is 32.2. The van der Waals surface area contributed by atoms with Gasteiger partial charge in [0.15, 0.2) is 0 Å². The fraction of sp³-hybridized carbons (Fsp3) is 0.280. The Hall–Kier alpha value is -3.08. The molecule has 0 aliphatic carbocycles. The quantitative estimate of drug-likeness (QED) is 0.495. The van der Waals surface area contributed by atoms with Crippen molar-refractivity contribution in [2.24, 2.45) is 0 Å². The normalized spacial score (nSPS) is 15.1. The van der Waals surface area contributed by atoms with Crippen LogP contribution in [0.4, 0.5) is 17.1 Å². The van der Waals surface area contributed by atoms with E-state index in [2.05, 4.69) is 21.6 Å². The molecule has 8 nitrogen and oxygen atoms in total. The van der Waals surface area contributed by atoms with Crippen LogP contribution in [0.15, 0.2) is 88.7 Å². The summed E-state index contributed by atoms with van der Waals surface area (Å²) in [5, 5.41) is 0. The van der Waals surface area contributed by atoms with E-state index in [1.807, 2.05) is 6.07 Å². The Labute approximate surface area is 207 Å². The van der Waals surface area contributed by atoms with E-state index in [0.717, 1.165) is 31.9 Å². The molecule has 0 bridgehead atoms. The van der Waals surface area contributed by atoms with Crippen molar-refractivity contribution in [1.29, 1.82) is 0 Å². The second kappa shape index (κ2) is 10.3. The third-order valence-electron chi connectivity index (χ3n) is 6.03. The van der Waals surface area contributed by atoms with Crippen molar-refractivity contribution in [2.45, 2.75) is 16.7 Å². The molecule has 1 aliphatic rings. The van der Waals surface area contributed by atoms with Crippen molar-refractivity contribution in [3.8, 4) is 0 Å². The smallest absolute Gasteiger partial charge is 0.264 e. The number of nitrogens with zero attached hydrogens (tertiary/aromatic N) is 3. The van der Waals surface area contributed by atoms with E-state index in [1.165, 1.54) is 28.6 Å². The first-order valence-corrected chi connectivity index (χ1v) is 14.4. The number of hydrogen-bond donors (Lipinski definition) is 1. The largest absolute Gasteiger partial charge is 0.369 e. The monoisotopic (exact) mass is 514 g/mol. The van der Waals surface area contributed by atoms with E-state index in [-0.39, 0.29) is 27.7 Å². The molecular weight excluding hydrogens is 484 g/mol. The molecule has 0 unspecified atom stereocenters. The van der Waals surface area contributed by atoms with Crippen LogP contribution in [0, 0.1) is 0 Å². The summed E-state index contributed by atoms with van der Waals surface area (Å²) in [5.74, 6) is 0. The fourth-order valence-corrected chi connectivity index (χ4v) is 6.67. The Bertz CT molecular complexity index is 1360. The number of anilines is 3. The van der Waals surface area contributed by atoms with Crippen LogP contribution >= 0.6 is 0 Å². The van der Waals surface area contributed by atoms with Gasteiger partial charge in [0, 0.05) is 38.4 Å². The van der Waals surface area contributed by atoms with Crippen LogP contribution in [-0.4, -0.2) is 61.5 Å². The number of hydrogen-bond acceptors (Lipinski definition) is 6. The number of rotatable bonds is 8. The number of likely N-dealkylation sites (N-methyl/N-ethyl adjacent to an activating group) is 1. The summed E-state index contributed by atoms with van der Waals surface area (Å²) in [7, 11) is -5.79. The van der Waals surface area contributed by atoms with E-state index in [1.54, 1.807) is 55.5 Å². The molecule has 10 heteroatoms. The summed E-state index contributed by atoms with van der Waals surface area (Å²) >= 11 is 0. The molecule has 186 valence electrons. The van der Waals surface area contributed by atoms with Crippen molar-refractivity contribution < 1.29 is 16.8 Å². The van der Waals surface area contributed by atoms with Gasteiger partial charge < -0.3 is 9.80 Å². The zero-order valence-electron chi connectivity index (χ0n) is 19.8. The van der Waals surface area contributed by atoms with Gasteiger partial charge in [0.05, 0.1) is 21.2 Å². The minimum absolute atomic E-state index is 0.100. The maximum atomic E-state index is 13.6. The summed E-state index contributed by atoms with van der Waals surface area (Å²) < 4.78 is 57.3. The molecular formula is C25H30N4O4S2. The van der Waals surface area contributed by atoms with Crippen LogP contribution in [-0.2, 0) is 20.0 Å². The molecule has 0 spiro atoms. The lowest BCUT2D eigenvalue weighted by Crippen LogP contribution is -2.44. The summed E-state index contributed by atoms with van der Waals surface area (Å²) in [6.45, 7) is 5.22. The van der Waals surface area contributed by atoms with E-state index in [0.29, 0.717) is 0 Å². The lowest BCUT2D eigenvalue weighted by molar-refractivity contribution is 0.313. The Morgan fingerprint density at radius 2 is 1.37 bits per heavy atom. The van der Waals surface area contributed by atoms with Crippen LogP contribution in [0.1, 0.15) is 6.92 Å². The molecule has 3 aromatic carbocycles. The number of sulfonamides is 2. The molecule has 1 N–H and O–H groups in total. The number of benzene rings is 3. The van der Waals surface area contributed by atoms with E-state index in [4.69, 9.17) is 0 Å². The third-order valence-corrected chi connectivity index (χ3v) is 9.32. The minimum Gasteiger partial charge on any atom is -0.369 e.